The maximum atomic E-state index is 13.9. The number of benzene rings is 1. The summed E-state index contributed by atoms with van der Waals surface area (Å²) < 4.78 is 72.0. The number of carbonyl (C=O) groups is 1. The number of halogens is 3. The van der Waals surface area contributed by atoms with Crippen molar-refractivity contribution < 1.29 is 36.2 Å². The average Bonchev–Trinajstić information content (AvgIpc) is 3.20. The SMILES string of the molecule is CCc1c(C(=O)NCc2ccc(S(C)(=O)=O)cc2)nn(C(C)(C)C)c1Oc1cncc(CO)c1C(F)(F)F. The van der Waals surface area contributed by atoms with Gasteiger partial charge in [-0.3, -0.25) is 9.78 Å². The Morgan fingerprint density at radius 2 is 1.76 bits per heavy atom. The Bertz CT molecular complexity index is 1430. The van der Waals surface area contributed by atoms with Crippen LogP contribution in [0.2, 0.25) is 0 Å². The number of aromatic nitrogens is 3. The maximum Gasteiger partial charge on any atom is 0.420 e. The van der Waals surface area contributed by atoms with Crippen LogP contribution in [0, 0.1) is 0 Å². The molecule has 9 nitrogen and oxygen atoms in total. The fourth-order valence-corrected chi connectivity index (χ4v) is 4.35. The molecule has 13 heteroatoms. The Morgan fingerprint density at radius 3 is 2.26 bits per heavy atom. The molecule has 0 saturated heterocycles. The Hall–Kier alpha value is -3.45. The number of sulfone groups is 1. The van der Waals surface area contributed by atoms with E-state index in [0.29, 0.717) is 5.56 Å². The van der Waals surface area contributed by atoms with Crippen molar-refractivity contribution in [2.45, 2.75) is 63.9 Å². The van der Waals surface area contributed by atoms with Crippen LogP contribution in [0.5, 0.6) is 11.6 Å². The number of alkyl halides is 3. The van der Waals surface area contributed by atoms with E-state index in [-0.39, 0.29) is 35.0 Å². The summed E-state index contributed by atoms with van der Waals surface area (Å²) in [6.07, 6.45) is -1.71. The largest absolute Gasteiger partial charge is 0.437 e. The van der Waals surface area contributed by atoms with Crippen LogP contribution in [0.4, 0.5) is 13.2 Å². The Morgan fingerprint density at radius 1 is 1.13 bits per heavy atom. The van der Waals surface area contributed by atoms with Crippen molar-refractivity contribution in [2.24, 2.45) is 0 Å². The van der Waals surface area contributed by atoms with Crippen LogP contribution in [0.15, 0.2) is 41.6 Å². The van der Waals surface area contributed by atoms with Crippen molar-refractivity contribution in [2.75, 3.05) is 6.26 Å². The number of carbonyl (C=O) groups excluding carboxylic acids is 1. The predicted molar refractivity (Wildman–Crippen MR) is 133 cm³/mol. The van der Waals surface area contributed by atoms with Crippen molar-refractivity contribution in [1.82, 2.24) is 20.1 Å². The predicted octanol–water partition coefficient (Wildman–Crippen LogP) is 4.23. The zero-order chi connectivity index (χ0) is 28.5. The first-order valence-corrected chi connectivity index (χ1v) is 13.5. The lowest BCUT2D eigenvalue weighted by Crippen LogP contribution is -2.26. The molecule has 0 aliphatic carbocycles. The third kappa shape index (κ3) is 6.33. The first-order chi connectivity index (χ1) is 17.6. The highest BCUT2D eigenvalue weighted by molar-refractivity contribution is 7.90. The van der Waals surface area contributed by atoms with Gasteiger partial charge in [0.15, 0.2) is 21.3 Å². The van der Waals surface area contributed by atoms with Gasteiger partial charge in [-0.15, -0.1) is 0 Å². The van der Waals surface area contributed by atoms with E-state index in [1.807, 2.05) is 0 Å². The fraction of sp³-hybridized carbons (Fsp3) is 0.400. The number of nitrogens with one attached hydrogen (secondary N) is 1. The highest BCUT2D eigenvalue weighted by Gasteiger charge is 2.39. The van der Waals surface area contributed by atoms with Gasteiger partial charge in [0.05, 0.1) is 23.2 Å². The highest BCUT2D eigenvalue weighted by Crippen LogP contribution is 2.42. The molecule has 0 atom stereocenters. The maximum absolute atomic E-state index is 13.9. The quantitative estimate of drug-likeness (QED) is 0.427. The number of nitrogens with zero attached hydrogens (tertiary/aromatic N) is 3. The molecule has 2 aromatic heterocycles. The molecule has 0 fully saturated rings. The zero-order valence-electron chi connectivity index (χ0n) is 21.5. The summed E-state index contributed by atoms with van der Waals surface area (Å²) in [6, 6.07) is 6.00. The number of ether oxygens (including phenoxy) is 1. The van der Waals surface area contributed by atoms with E-state index in [1.54, 1.807) is 39.8 Å². The molecule has 0 saturated carbocycles. The summed E-state index contributed by atoms with van der Waals surface area (Å²) >= 11 is 0. The summed E-state index contributed by atoms with van der Waals surface area (Å²) in [5, 5.41) is 16.5. The number of hydrogen-bond acceptors (Lipinski definition) is 7. The molecule has 2 N–H and O–H groups in total. The first kappa shape index (κ1) is 29.1. The normalized spacial score (nSPS) is 12.4. The van der Waals surface area contributed by atoms with Crippen molar-refractivity contribution >= 4 is 15.7 Å². The van der Waals surface area contributed by atoms with E-state index in [9.17, 15) is 31.5 Å². The van der Waals surface area contributed by atoms with Gasteiger partial charge in [0.2, 0.25) is 5.88 Å². The molecular weight excluding hydrogens is 525 g/mol. The lowest BCUT2D eigenvalue weighted by molar-refractivity contribution is -0.139. The summed E-state index contributed by atoms with van der Waals surface area (Å²) in [4.78, 5) is 17.0. The van der Waals surface area contributed by atoms with Gasteiger partial charge >= 0.3 is 6.18 Å². The van der Waals surface area contributed by atoms with Crippen LogP contribution in [0.1, 0.15) is 60.4 Å². The van der Waals surface area contributed by atoms with Crippen LogP contribution in [0.3, 0.4) is 0 Å². The van der Waals surface area contributed by atoms with Crippen molar-refractivity contribution in [3.05, 3.63) is 64.6 Å². The van der Waals surface area contributed by atoms with Crippen LogP contribution in [-0.4, -0.2) is 40.5 Å². The second-order valence-corrected chi connectivity index (χ2v) is 11.6. The molecule has 0 aliphatic rings. The third-order valence-corrected chi connectivity index (χ3v) is 6.72. The lowest BCUT2D eigenvalue weighted by Gasteiger charge is -2.23. The molecule has 206 valence electrons. The van der Waals surface area contributed by atoms with Gasteiger partial charge in [0.1, 0.15) is 5.56 Å². The number of pyridine rings is 1. The minimum absolute atomic E-state index is 0.0231. The molecule has 0 unspecified atom stereocenters. The van der Waals surface area contributed by atoms with Crippen molar-refractivity contribution in [3.63, 3.8) is 0 Å². The average molecular weight is 555 g/mol. The number of aliphatic hydroxyl groups is 1. The van der Waals surface area contributed by atoms with E-state index in [2.05, 4.69) is 15.4 Å². The first-order valence-electron chi connectivity index (χ1n) is 11.6. The van der Waals surface area contributed by atoms with E-state index in [4.69, 9.17) is 4.74 Å². The zero-order valence-corrected chi connectivity index (χ0v) is 22.4. The molecule has 0 aliphatic heterocycles. The molecule has 1 aromatic carbocycles. The van der Waals surface area contributed by atoms with Gasteiger partial charge in [0.25, 0.3) is 5.91 Å². The number of rotatable bonds is 8. The molecule has 0 spiro atoms. The van der Waals surface area contributed by atoms with Gasteiger partial charge in [0, 0.05) is 30.1 Å². The smallest absolute Gasteiger partial charge is 0.420 e. The lowest BCUT2D eigenvalue weighted by atomic mass is 10.1. The van der Waals surface area contributed by atoms with Crippen LogP contribution >= 0.6 is 0 Å². The molecule has 1 amide bonds. The molecule has 38 heavy (non-hydrogen) atoms. The molecule has 0 bridgehead atoms. The second kappa shape index (κ2) is 10.7. The Labute approximate surface area is 218 Å². The second-order valence-electron chi connectivity index (χ2n) is 9.60. The summed E-state index contributed by atoms with van der Waals surface area (Å²) in [7, 11) is -3.36. The molecule has 2 heterocycles. The Balaban J connectivity index is 2.00. The monoisotopic (exact) mass is 554 g/mol. The molecule has 3 aromatic rings. The summed E-state index contributed by atoms with van der Waals surface area (Å²) in [5.74, 6) is -1.26. The summed E-state index contributed by atoms with van der Waals surface area (Å²) in [5.41, 5.74) is -1.49. The van der Waals surface area contributed by atoms with E-state index >= 15 is 0 Å². The molecular formula is C25H29F3N4O5S. The van der Waals surface area contributed by atoms with Crippen molar-refractivity contribution in [1.29, 1.82) is 0 Å². The van der Waals surface area contributed by atoms with Gasteiger partial charge in [-0.1, -0.05) is 19.1 Å². The number of amides is 1. The van der Waals surface area contributed by atoms with Gasteiger partial charge < -0.3 is 15.2 Å². The van der Waals surface area contributed by atoms with E-state index in [1.165, 1.54) is 16.8 Å². The minimum Gasteiger partial charge on any atom is -0.437 e. The van der Waals surface area contributed by atoms with Crippen molar-refractivity contribution in [3.8, 4) is 11.6 Å². The Kier molecular flexibility index (Phi) is 8.22. The molecule has 0 radical (unpaired) electrons. The van der Waals surface area contributed by atoms with Gasteiger partial charge in [-0.05, 0) is 44.9 Å². The number of hydrogen-bond donors (Lipinski definition) is 2. The standard InChI is InChI=1S/C25H29F3N4O5S/c1-6-18-21(22(34)30-11-15-7-9-17(10-8-15)38(5,35)36)31-32(24(2,3)4)23(18)37-19-13-29-12-16(14-33)20(19)25(26,27)28/h7-10,12-13,33H,6,11,14H2,1-5H3,(H,30,34). The minimum atomic E-state index is -4.83. The highest BCUT2D eigenvalue weighted by atomic mass is 32.2. The van der Waals surface area contributed by atoms with Gasteiger partial charge in [-0.25, -0.2) is 13.1 Å². The molecule has 3 rings (SSSR count). The van der Waals surface area contributed by atoms with Crippen LogP contribution in [-0.2, 0) is 41.1 Å². The fourth-order valence-electron chi connectivity index (χ4n) is 3.72. The third-order valence-electron chi connectivity index (χ3n) is 5.60. The van der Waals surface area contributed by atoms with Crippen LogP contribution < -0.4 is 10.1 Å². The number of aliphatic hydroxyl groups excluding tert-OH is 1. The summed E-state index contributed by atoms with van der Waals surface area (Å²) in [6.45, 7) is 6.14. The van der Waals surface area contributed by atoms with Crippen LogP contribution in [0.25, 0.3) is 0 Å². The van der Waals surface area contributed by atoms with E-state index < -0.39 is 50.9 Å². The van der Waals surface area contributed by atoms with E-state index in [0.717, 1.165) is 18.6 Å². The topological polar surface area (TPSA) is 123 Å². The van der Waals surface area contributed by atoms with Gasteiger partial charge in [-0.2, -0.15) is 18.3 Å².